The van der Waals surface area contributed by atoms with Gasteiger partial charge in [-0.2, -0.15) is 4.99 Å². The Bertz CT molecular complexity index is 894. The van der Waals surface area contributed by atoms with Gasteiger partial charge in [0, 0.05) is 6.54 Å². The fourth-order valence-corrected chi connectivity index (χ4v) is 3.58. The summed E-state index contributed by atoms with van der Waals surface area (Å²) in [5, 5.41) is 0. The molecule has 0 aliphatic rings. The Balaban J connectivity index is 1.86. The predicted molar refractivity (Wildman–Crippen MR) is 92.7 cm³/mol. The minimum atomic E-state index is -0.278. The SMILES string of the molecule is CCn1c(=NC(=O)COc2ccccc2)sc2cc(C)ccc21. The maximum absolute atomic E-state index is 12.1. The minimum Gasteiger partial charge on any atom is -0.484 e. The number of fused-ring (bicyclic) bond motifs is 1. The van der Waals surface area contributed by atoms with Gasteiger partial charge < -0.3 is 9.30 Å². The first kappa shape index (κ1) is 15.5. The summed E-state index contributed by atoms with van der Waals surface area (Å²) in [4.78, 5) is 17.0. The smallest absolute Gasteiger partial charge is 0.286 e. The lowest BCUT2D eigenvalue weighted by atomic mass is 10.2. The number of hydrogen-bond donors (Lipinski definition) is 0. The van der Waals surface area contributed by atoms with E-state index in [1.54, 1.807) is 0 Å². The van der Waals surface area contributed by atoms with Crippen LogP contribution in [0.3, 0.4) is 0 Å². The van der Waals surface area contributed by atoms with Gasteiger partial charge in [0.15, 0.2) is 11.4 Å². The van der Waals surface area contributed by atoms with Crippen molar-refractivity contribution in [2.75, 3.05) is 6.61 Å². The molecule has 0 aliphatic heterocycles. The van der Waals surface area contributed by atoms with E-state index in [-0.39, 0.29) is 12.5 Å². The van der Waals surface area contributed by atoms with Gasteiger partial charge in [-0.25, -0.2) is 0 Å². The van der Waals surface area contributed by atoms with Crippen LogP contribution in [0.15, 0.2) is 53.5 Å². The molecular formula is C18H18N2O2S. The van der Waals surface area contributed by atoms with Crippen LogP contribution in [0.1, 0.15) is 12.5 Å². The summed E-state index contributed by atoms with van der Waals surface area (Å²) in [5.41, 5.74) is 2.31. The van der Waals surface area contributed by atoms with Crippen LogP contribution < -0.4 is 9.54 Å². The zero-order valence-corrected chi connectivity index (χ0v) is 14.0. The molecule has 0 saturated carbocycles. The first-order chi connectivity index (χ1) is 11.2. The number of carbonyl (C=O) groups excluding carboxylic acids is 1. The molecule has 1 heterocycles. The number of para-hydroxylation sites is 1. The Morgan fingerprint density at radius 2 is 2.00 bits per heavy atom. The van der Waals surface area contributed by atoms with Crippen LogP contribution in [0.25, 0.3) is 10.2 Å². The molecule has 1 aromatic heterocycles. The number of rotatable bonds is 4. The van der Waals surface area contributed by atoms with Crippen LogP contribution >= 0.6 is 11.3 Å². The van der Waals surface area contributed by atoms with E-state index >= 15 is 0 Å². The highest BCUT2D eigenvalue weighted by atomic mass is 32.1. The van der Waals surface area contributed by atoms with Crippen molar-refractivity contribution in [3.8, 4) is 5.75 Å². The second kappa shape index (κ2) is 6.79. The number of hydrogen-bond acceptors (Lipinski definition) is 3. The van der Waals surface area contributed by atoms with Gasteiger partial charge in [-0.15, -0.1) is 0 Å². The van der Waals surface area contributed by atoms with E-state index < -0.39 is 0 Å². The molecule has 0 bridgehead atoms. The largest absolute Gasteiger partial charge is 0.484 e. The highest BCUT2D eigenvalue weighted by Crippen LogP contribution is 2.18. The van der Waals surface area contributed by atoms with Crippen LogP contribution in [0, 0.1) is 6.92 Å². The van der Waals surface area contributed by atoms with Gasteiger partial charge in [-0.1, -0.05) is 35.6 Å². The van der Waals surface area contributed by atoms with E-state index in [1.165, 1.54) is 16.9 Å². The maximum Gasteiger partial charge on any atom is 0.286 e. The third kappa shape index (κ3) is 3.51. The summed E-state index contributed by atoms with van der Waals surface area (Å²) in [6.07, 6.45) is 0. The number of aromatic nitrogens is 1. The fourth-order valence-electron chi connectivity index (χ4n) is 2.37. The predicted octanol–water partition coefficient (Wildman–Crippen LogP) is 3.54. The van der Waals surface area contributed by atoms with Crippen molar-refractivity contribution in [1.29, 1.82) is 0 Å². The van der Waals surface area contributed by atoms with Gasteiger partial charge in [0.05, 0.1) is 10.2 Å². The summed E-state index contributed by atoms with van der Waals surface area (Å²) in [7, 11) is 0. The molecular weight excluding hydrogens is 308 g/mol. The average Bonchev–Trinajstić information content (AvgIpc) is 2.89. The molecule has 0 spiro atoms. The lowest BCUT2D eigenvalue weighted by Gasteiger charge is -2.02. The summed E-state index contributed by atoms with van der Waals surface area (Å²) < 4.78 is 8.66. The van der Waals surface area contributed by atoms with Crippen molar-refractivity contribution < 1.29 is 9.53 Å². The summed E-state index contributed by atoms with van der Waals surface area (Å²) >= 11 is 1.53. The van der Waals surface area contributed by atoms with Gasteiger partial charge in [0.1, 0.15) is 5.75 Å². The lowest BCUT2D eigenvalue weighted by Crippen LogP contribution is -2.18. The molecule has 0 radical (unpaired) electrons. The van der Waals surface area contributed by atoms with Gasteiger partial charge in [0.25, 0.3) is 5.91 Å². The quantitative estimate of drug-likeness (QED) is 0.736. The van der Waals surface area contributed by atoms with Crippen LogP contribution in [0.4, 0.5) is 0 Å². The zero-order valence-electron chi connectivity index (χ0n) is 13.2. The lowest BCUT2D eigenvalue weighted by molar-refractivity contribution is -0.120. The third-order valence-corrected chi connectivity index (χ3v) is 4.52. The first-order valence-corrected chi connectivity index (χ1v) is 8.34. The van der Waals surface area contributed by atoms with Crippen molar-refractivity contribution in [2.24, 2.45) is 4.99 Å². The Hall–Kier alpha value is -2.40. The van der Waals surface area contributed by atoms with Gasteiger partial charge >= 0.3 is 0 Å². The molecule has 0 saturated heterocycles. The number of amides is 1. The summed E-state index contributed by atoms with van der Waals surface area (Å²) in [6, 6.07) is 15.6. The molecule has 0 atom stereocenters. The van der Waals surface area contributed by atoms with Crippen molar-refractivity contribution >= 4 is 27.5 Å². The Morgan fingerprint density at radius 3 is 2.74 bits per heavy atom. The summed E-state index contributed by atoms with van der Waals surface area (Å²) in [5.74, 6) is 0.394. The van der Waals surface area contributed by atoms with Crippen molar-refractivity contribution in [3.63, 3.8) is 0 Å². The molecule has 1 amide bonds. The van der Waals surface area contributed by atoms with E-state index in [1.807, 2.05) is 30.3 Å². The zero-order chi connectivity index (χ0) is 16.2. The average molecular weight is 326 g/mol. The molecule has 0 aliphatic carbocycles. The van der Waals surface area contributed by atoms with Gasteiger partial charge in [-0.05, 0) is 43.7 Å². The molecule has 0 fully saturated rings. The van der Waals surface area contributed by atoms with Crippen LogP contribution in [0.5, 0.6) is 5.75 Å². The molecule has 3 aromatic rings. The van der Waals surface area contributed by atoms with Crippen molar-refractivity contribution in [1.82, 2.24) is 4.57 Å². The second-order valence-electron chi connectivity index (χ2n) is 5.21. The van der Waals surface area contributed by atoms with Crippen LogP contribution in [-0.4, -0.2) is 17.1 Å². The highest BCUT2D eigenvalue weighted by Gasteiger charge is 2.07. The van der Waals surface area contributed by atoms with Gasteiger partial charge in [-0.3, -0.25) is 4.79 Å². The standard InChI is InChI=1S/C18H18N2O2S/c1-3-20-15-10-9-13(2)11-16(15)23-18(20)19-17(21)12-22-14-7-5-4-6-8-14/h4-11H,3,12H2,1-2H3. The minimum absolute atomic E-state index is 0.0546. The highest BCUT2D eigenvalue weighted by molar-refractivity contribution is 7.16. The Kier molecular flexibility index (Phi) is 4.57. The van der Waals surface area contributed by atoms with E-state index in [4.69, 9.17) is 4.74 Å². The van der Waals surface area contributed by atoms with Crippen LogP contribution in [0.2, 0.25) is 0 Å². The molecule has 4 nitrogen and oxygen atoms in total. The summed E-state index contributed by atoms with van der Waals surface area (Å²) in [6.45, 7) is 4.83. The first-order valence-electron chi connectivity index (χ1n) is 7.53. The topological polar surface area (TPSA) is 43.6 Å². The number of ether oxygens (including phenoxy) is 1. The number of nitrogens with zero attached hydrogens (tertiary/aromatic N) is 2. The number of thiazole rings is 1. The molecule has 0 unspecified atom stereocenters. The second-order valence-corrected chi connectivity index (χ2v) is 6.22. The Morgan fingerprint density at radius 1 is 1.22 bits per heavy atom. The molecule has 118 valence electrons. The maximum atomic E-state index is 12.1. The van der Waals surface area contributed by atoms with Crippen molar-refractivity contribution in [3.05, 3.63) is 58.9 Å². The van der Waals surface area contributed by atoms with E-state index in [0.717, 1.165) is 21.6 Å². The van der Waals surface area contributed by atoms with E-state index in [9.17, 15) is 4.79 Å². The van der Waals surface area contributed by atoms with E-state index in [2.05, 4.69) is 41.6 Å². The van der Waals surface area contributed by atoms with Gasteiger partial charge in [0.2, 0.25) is 0 Å². The fraction of sp³-hybridized carbons (Fsp3) is 0.222. The normalized spacial score (nSPS) is 11.8. The Labute approximate surface area is 138 Å². The third-order valence-electron chi connectivity index (χ3n) is 3.48. The molecule has 2 aromatic carbocycles. The number of carbonyl (C=O) groups is 1. The van der Waals surface area contributed by atoms with E-state index in [0.29, 0.717) is 5.75 Å². The van der Waals surface area contributed by atoms with Crippen molar-refractivity contribution in [2.45, 2.75) is 20.4 Å². The molecule has 0 N–H and O–H groups in total. The number of aryl methyl sites for hydroxylation is 2. The number of benzene rings is 2. The molecule has 5 heteroatoms. The van der Waals surface area contributed by atoms with Crippen LogP contribution in [-0.2, 0) is 11.3 Å². The molecule has 3 rings (SSSR count). The molecule has 23 heavy (non-hydrogen) atoms. The monoisotopic (exact) mass is 326 g/mol.